The van der Waals surface area contributed by atoms with E-state index in [1.54, 1.807) is 22.9 Å². The summed E-state index contributed by atoms with van der Waals surface area (Å²) in [6.07, 6.45) is 1.72. The van der Waals surface area contributed by atoms with E-state index in [2.05, 4.69) is 0 Å². The highest BCUT2D eigenvalue weighted by atomic mass is 32.2. The molecule has 0 bridgehead atoms. The van der Waals surface area contributed by atoms with Gasteiger partial charge in [-0.1, -0.05) is 48.5 Å². The molecule has 7 nitrogen and oxygen atoms in total. The second-order valence-corrected chi connectivity index (χ2v) is 10.2. The van der Waals surface area contributed by atoms with Gasteiger partial charge in [0.25, 0.3) is 0 Å². The van der Waals surface area contributed by atoms with Gasteiger partial charge in [0.15, 0.2) is 27.1 Å². The highest BCUT2D eigenvalue weighted by Gasteiger charge is 2.27. The van der Waals surface area contributed by atoms with Crippen molar-refractivity contribution in [2.45, 2.75) is 17.9 Å². The number of sulfone groups is 1. The number of hydrogen-bond donors (Lipinski definition) is 0. The number of ether oxygens (including phenoxy) is 2. The summed E-state index contributed by atoms with van der Waals surface area (Å²) in [6, 6.07) is 20.3. The molecule has 36 heavy (non-hydrogen) atoms. The molecule has 0 radical (unpaired) electrons. The Morgan fingerprint density at radius 3 is 2.22 bits per heavy atom. The van der Waals surface area contributed by atoms with Crippen LogP contribution in [0.25, 0.3) is 22.4 Å². The second-order valence-electron chi connectivity index (χ2n) is 8.17. The Labute approximate surface area is 209 Å². The molecule has 0 saturated carbocycles. The second kappa shape index (κ2) is 10.3. The summed E-state index contributed by atoms with van der Waals surface area (Å²) < 4.78 is 50.3. The third kappa shape index (κ3) is 5.16. The zero-order valence-electron chi connectivity index (χ0n) is 20.1. The first-order valence-electron chi connectivity index (χ1n) is 11.1. The lowest BCUT2D eigenvalue weighted by Gasteiger charge is -2.10. The van der Waals surface area contributed by atoms with Crippen LogP contribution in [0.2, 0.25) is 0 Å². The fraction of sp³-hybridized carbons (Fsp3) is 0.185. The van der Waals surface area contributed by atoms with Crippen molar-refractivity contribution >= 4 is 15.8 Å². The number of hydrogen-bond acceptors (Lipinski definition) is 6. The minimum absolute atomic E-state index is 0.0638. The van der Waals surface area contributed by atoms with Gasteiger partial charge in [-0.25, -0.2) is 17.6 Å². The van der Waals surface area contributed by atoms with Crippen molar-refractivity contribution in [3.63, 3.8) is 0 Å². The van der Waals surface area contributed by atoms with Crippen LogP contribution in [0.1, 0.15) is 16.1 Å². The standard InChI is InChI=1S/C27H25FN2O5S/c1-34-23-14-11-20(17-22(23)28)24-25(19-9-12-21(13-10-19)36(3,32)33)29-30(26(24)27(31)35-2)16-15-18-7-5-4-6-8-18/h4-14,17H,15-16H2,1-3H3. The maximum atomic E-state index is 14.7. The molecule has 0 spiro atoms. The average molecular weight is 509 g/mol. The molecule has 3 aromatic carbocycles. The van der Waals surface area contributed by atoms with Gasteiger partial charge in [0, 0.05) is 23.9 Å². The van der Waals surface area contributed by atoms with Crippen molar-refractivity contribution in [2.75, 3.05) is 20.5 Å². The van der Waals surface area contributed by atoms with E-state index >= 15 is 0 Å². The van der Waals surface area contributed by atoms with Crippen LogP contribution in [0.5, 0.6) is 5.75 Å². The summed E-state index contributed by atoms with van der Waals surface area (Å²) in [4.78, 5) is 13.1. The molecule has 0 unspecified atom stereocenters. The summed E-state index contributed by atoms with van der Waals surface area (Å²) >= 11 is 0. The van der Waals surface area contributed by atoms with E-state index in [9.17, 15) is 17.6 Å². The molecular formula is C27H25FN2O5S. The number of benzene rings is 3. The first-order valence-corrected chi connectivity index (χ1v) is 13.0. The molecule has 0 amide bonds. The molecule has 0 fully saturated rings. The van der Waals surface area contributed by atoms with E-state index in [1.165, 1.54) is 38.5 Å². The van der Waals surface area contributed by atoms with E-state index in [0.717, 1.165) is 11.8 Å². The van der Waals surface area contributed by atoms with Crippen LogP contribution < -0.4 is 4.74 Å². The fourth-order valence-corrected chi connectivity index (χ4v) is 4.60. The number of carbonyl (C=O) groups is 1. The monoisotopic (exact) mass is 508 g/mol. The minimum Gasteiger partial charge on any atom is -0.494 e. The minimum atomic E-state index is -3.40. The third-order valence-electron chi connectivity index (χ3n) is 5.78. The summed E-state index contributed by atoms with van der Waals surface area (Å²) in [5.41, 5.74) is 2.97. The molecule has 1 aromatic heterocycles. The molecule has 9 heteroatoms. The van der Waals surface area contributed by atoms with E-state index in [1.807, 2.05) is 30.3 Å². The highest BCUT2D eigenvalue weighted by molar-refractivity contribution is 7.90. The molecule has 0 atom stereocenters. The maximum absolute atomic E-state index is 14.7. The first kappa shape index (κ1) is 25.1. The van der Waals surface area contributed by atoms with Crippen LogP contribution in [0.4, 0.5) is 4.39 Å². The van der Waals surface area contributed by atoms with Crippen LogP contribution in [0.3, 0.4) is 0 Å². The quantitative estimate of drug-likeness (QED) is 0.318. The molecule has 0 N–H and O–H groups in total. The number of rotatable bonds is 8. The normalized spacial score (nSPS) is 11.3. The number of aromatic nitrogens is 2. The zero-order valence-corrected chi connectivity index (χ0v) is 20.9. The molecule has 1 heterocycles. The predicted molar refractivity (Wildman–Crippen MR) is 134 cm³/mol. The lowest BCUT2D eigenvalue weighted by Crippen LogP contribution is -2.14. The van der Waals surface area contributed by atoms with Gasteiger partial charge in [-0.15, -0.1) is 0 Å². The number of aryl methyl sites for hydroxylation is 2. The zero-order chi connectivity index (χ0) is 25.9. The number of carbonyl (C=O) groups excluding carboxylic acids is 1. The van der Waals surface area contributed by atoms with Crippen LogP contribution in [-0.2, 0) is 27.5 Å². The Kier molecular flexibility index (Phi) is 7.21. The number of halogens is 1. The van der Waals surface area contributed by atoms with Gasteiger partial charge in [-0.3, -0.25) is 4.68 Å². The van der Waals surface area contributed by atoms with Gasteiger partial charge in [0.2, 0.25) is 0 Å². The number of esters is 1. The maximum Gasteiger partial charge on any atom is 0.356 e. The molecule has 0 saturated heterocycles. The molecular weight excluding hydrogens is 483 g/mol. The molecule has 0 aliphatic heterocycles. The summed E-state index contributed by atoms with van der Waals surface area (Å²) in [7, 11) is -0.757. The van der Waals surface area contributed by atoms with Crippen LogP contribution in [0.15, 0.2) is 77.7 Å². The lowest BCUT2D eigenvalue weighted by atomic mass is 9.98. The topological polar surface area (TPSA) is 87.5 Å². The van der Waals surface area contributed by atoms with Gasteiger partial charge < -0.3 is 9.47 Å². The van der Waals surface area contributed by atoms with Crippen molar-refractivity contribution in [2.24, 2.45) is 0 Å². The number of methoxy groups -OCH3 is 2. The Morgan fingerprint density at radius 1 is 0.972 bits per heavy atom. The molecule has 186 valence electrons. The van der Waals surface area contributed by atoms with Gasteiger partial charge >= 0.3 is 5.97 Å². The van der Waals surface area contributed by atoms with E-state index in [4.69, 9.17) is 14.6 Å². The van der Waals surface area contributed by atoms with Crippen molar-refractivity contribution in [3.8, 4) is 28.1 Å². The fourth-order valence-electron chi connectivity index (χ4n) is 3.96. The van der Waals surface area contributed by atoms with Crippen LogP contribution >= 0.6 is 0 Å². The largest absolute Gasteiger partial charge is 0.494 e. The van der Waals surface area contributed by atoms with Crippen molar-refractivity contribution in [1.82, 2.24) is 9.78 Å². The Hall–Kier alpha value is -3.98. The van der Waals surface area contributed by atoms with Crippen molar-refractivity contribution in [1.29, 1.82) is 0 Å². The van der Waals surface area contributed by atoms with Crippen molar-refractivity contribution in [3.05, 3.63) is 89.9 Å². The molecule has 4 aromatic rings. The van der Waals surface area contributed by atoms with Gasteiger partial charge in [-0.2, -0.15) is 5.10 Å². The van der Waals surface area contributed by atoms with Gasteiger partial charge in [-0.05, 0) is 41.8 Å². The molecule has 0 aliphatic carbocycles. The number of nitrogens with zero attached hydrogens (tertiary/aromatic N) is 2. The lowest BCUT2D eigenvalue weighted by molar-refractivity contribution is 0.0587. The van der Waals surface area contributed by atoms with Crippen LogP contribution in [-0.4, -0.2) is 44.6 Å². The van der Waals surface area contributed by atoms with Gasteiger partial charge in [0.1, 0.15) is 5.69 Å². The van der Waals surface area contributed by atoms with Crippen molar-refractivity contribution < 1.29 is 27.1 Å². The van der Waals surface area contributed by atoms with E-state index < -0.39 is 21.6 Å². The third-order valence-corrected chi connectivity index (χ3v) is 6.91. The Morgan fingerprint density at radius 2 is 1.64 bits per heavy atom. The average Bonchev–Trinajstić information content (AvgIpc) is 3.26. The SMILES string of the molecule is COC(=O)c1c(-c2ccc(OC)c(F)c2)c(-c2ccc(S(C)(=O)=O)cc2)nn1CCc1ccccc1. The Balaban J connectivity index is 1.91. The summed E-state index contributed by atoms with van der Waals surface area (Å²) in [5.74, 6) is -1.16. The smallest absolute Gasteiger partial charge is 0.356 e. The van der Waals surface area contributed by atoms with Gasteiger partial charge in [0.05, 0.1) is 19.1 Å². The molecule has 0 aliphatic rings. The Bertz CT molecular complexity index is 1500. The summed E-state index contributed by atoms with van der Waals surface area (Å²) in [6.45, 7) is 0.363. The predicted octanol–water partition coefficient (Wildman–Crippen LogP) is 4.80. The summed E-state index contributed by atoms with van der Waals surface area (Å²) in [5, 5.41) is 4.72. The molecule has 4 rings (SSSR count). The highest BCUT2D eigenvalue weighted by Crippen LogP contribution is 2.37. The van der Waals surface area contributed by atoms with E-state index in [-0.39, 0.29) is 16.3 Å². The first-order chi connectivity index (χ1) is 17.2. The van der Waals surface area contributed by atoms with E-state index in [0.29, 0.717) is 35.3 Å². The van der Waals surface area contributed by atoms with Crippen LogP contribution in [0, 0.1) is 5.82 Å².